The number of hydrogen-bond acceptors (Lipinski definition) is 5. The van der Waals surface area contributed by atoms with Crippen molar-refractivity contribution in [3.8, 4) is 0 Å². The summed E-state index contributed by atoms with van der Waals surface area (Å²) in [4.78, 5) is 51.6. The van der Waals surface area contributed by atoms with Crippen LogP contribution in [0.25, 0.3) is 0 Å². The number of esters is 1. The Hall–Kier alpha value is -3.13. The number of likely N-dealkylation sites (N-methyl/N-ethyl adjacent to an activating group) is 1. The Bertz CT molecular complexity index is 941. The number of anilines is 1. The number of H-pyrrole nitrogens is 1. The van der Waals surface area contributed by atoms with E-state index >= 15 is 0 Å². The van der Waals surface area contributed by atoms with Gasteiger partial charge < -0.3 is 19.9 Å². The molecule has 28 heavy (non-hydrogen) atoms. The van der Waals surface area contributed by atoms with Crippen molar-refractivity contribution < 1.29 is 19.1 Å². The number of amides is 2. The Morgan fingerprint density at radius 1 is 1.25 bits per heavy atom. The molecule has 2 aromatic rings. The fourth-order valence-corrected chi connectivity index (χ4v) is 2.52. The Morgan fingerprint density at radius 2 is 2.00 bits per heavy atom. The summed E-state index contributed by atoms with van der Waals surface area (Å²) in [6, 6.07) is 7.86. The van der Waals surface area contributed by atoms with Crippen LogP contribution in [0.5, 0.6) is 0 Å². The van der Waals surface area contributed by atoms with Crippen LogP contribution in [0, 0.1) is 6.92 Å². The highest BCUT2D eigenvalue weighted by Gasteiger charge is 2.19. The van der Waals surface area contributed by atoms with Crippen molar-refractivity contribution in [1.82, 2.24) is 9.88 Å². The van der Waals surface area contributed by atoms with E-state index < -0.39 is 29.9 Å². The minimum Gasteiger partial charge on any atom is -0.452 e. The molecular weight excluding hydrogens is 386 g/mol. The Kier molecular flexibility index (Phi) is 7.34. The van der Waals surface area contributed by atoms with E-state index in [2.05, 4.69) is 10.3 Å². The third-order valence-corrected chi connectivity index (χ3v) is 4.14. The molecule has 0 aliphatic carbocycles. The number of ether oxygens (including phenoxy) is 1. The van der Waals surface area contributed by atoms with Crippen molar-refractivity contribution in [1.29, 1.82) is 0 Å². The van der Waals surface area contributed by atoms with E-state index in [4.69, 9.17) is 16.3 Å². The van der Waals surface area contributed by atoms with Gasteiger partial charge in [0.15, 0.2) is 6.61 Å². The van der Waals surface area contributed by atoms with Crippen LogP contribution in [-0.4, -0.2) is 47.4 Å². The number of nitrogens with one attached hydrogen (secondary N) is 2. The number of carbonyl (C=O) groups excluding carboxylic acids is 3. The number of pyridine rings is 1. The average Bonchev–Trinajstić information content (AvgIpc) is 2.67. The molecule has 1 aromatic carbocycles. The molecule has 0 unspecified atom stereocenters. The number of hydrogen-bond donors (Lipinski definition) is 2. The summed E-state index contributed by atoms with van der Waals surface area (Å²) in [6.07, 6.45) is 1.38. The van der Waals surface area contributed by atoms with Crippen molar-refractivity contribution in [3.63, 3.8) is 0 Å². The second-order valence-corrected chi connectivity index (χ2v) is 6.34. The second-order valence-electron chi connectivity index (χ2n) is 5.90. The van der Waals surface area contributed by atoms with Gasteiger partial charge in [0.05, 0.1) is 6.54 Å². The summed E-state index contributed by atoms with van der Waals surface area (Å²) in [5.74, 6) is -1.88. The number of aromatic nitrogens is 1. The summed E-state index contributed by atoms with van der Waals surface area (Å²) in [5, 5.41) is 3.18. The highest BCUT2D eigenvalue weighted by Crippen LogP contribution is 2.20. The van der Waals surface area contributed by atoms with Crippen LogP contribution in [0.1, 0.15) is 22.8 Å². The van der Waals surface area contributed by atoms with Crippen LogP contribution in [-0.2, 0) is 14.3 Å². The highest BCUT2D eigenvalue weighted by atomic mass is 35.5. The molecule has 0 fully saturated rings. The topological polar surface area (TPSA) is 109 Å². The highest BCUT2D eigenvalue weighted by molar-refractivity contribution is 6.31. The summed E-state index contributed by atoms with van der Waals surface area (Å²) in [7, 11) is 0. The first-order chi connectivity index (χ1) is 13.3. The molecule has 8 nitrogen and oxygen atoms in total. The van der Waals surface area contributed by atoms with Gasteiger partial charge in [0, 0.05) is 23.5 Å². The minimum absolute atomic E-state index is 0.201. The number of halogens is 1. The maximum absolute atomic E-state index is 12.3. The van der Waals surface area contributed by atoms with Crippen molar-refractivity contribution in [2.45, 2.75) is 13.8 Å². The smallest absolute Gasteiger partial charge is 0.344 e. The van der Waals surface area contributed by atoms with E-state index in [-0.39, 0.29) is 18.7 Å². The minimum atomic E-state index is -0.912. The van der Waals surface area contributed by atoms with Crippen LogP contribution in [0.15, 0.2) is 41.3 Å². The largest absolute Gasteiger partial charge is 0.452 e. The van der Waals surface area contributed by atoms with Gasteiger partial charge in [-0.25, -0.2) is 4.79 Å². The van der Waals surface area contributed by atoms with E-state index in [1.54, 1.807) is 25.1 Å². The predicted molar refractivity (Wildman–Crippen MR) is 104 cm³/mol. The molecule has 148 valence electrons. The number of carbonyl (C=O) groups is 3. The van der Waals surface area contributed by atoms with E-state index in [1.807, 2.05) is 6.92 Å². The first-order valence-electron chi connectivity index (χ1n) is 8.50. The molecule has 0 saturated carbocycles. The van der Waals surface area contributed by atoms with Crippen molar-refractivity contribution in [2.24, 2.45) is 0 Å². The van der Waals surface area contributed by atoms with Gasteiger partial charge in [0.25, 0.3) is 11.5 Å². The Balaban J connectivity index is 1.93. The maximum atomic E-state index is 12.3. The van der Waals surface area contributed by atoms with Gasteiger partial charge in [0.2, 0.25) is 5.91 Å². The van der Waals surface area contributed by atoms with Gasteiger partial charge in [-0.3, -0.25) is 14.4 Å². The zero-order valence-electron chi connectivity index (χ0n) is 15.5. The molecule has 1 aromatic heterocycles. The van der Waals surface area contributed by atoms with E-state index in [0.717, 1.165) is 5.56 Å². The van der Waals surface area contributed by atoms with Gasteiger partial charge in [-0.1, -0.05) is 17.7 Å². The van der Waals surface area contributed by atoms with Crippen LogP contribution in [0.2, 0.25) is 5.02 Å². The lowest BCUT2D eigenvalue weighted by Crippen LogP contribution is -2.40. The molecule has 1 heterocycles. The molecule has 0 bridgehead atoms. The SMILES string of the molecule is CCN(CC(=O)Nc1cc(Cl)ccc1C)C(=O)COC(=O)c1ccc[nH]c1=O. The van der Waals surface area contributed by atoms with Crippen LogP contribution < -0.4 is 10.9 Å². The zero-order chi connectivity index (χ0) is 20.7. The summed E-state index contributed by atoms with van der Waals surface area (Å²) < 4.78 is 4.89. The molecular formula is C19H20ClN3O5. The third kappa shape index (κ3) is 5.68. The molecule has 0 saturated heterocycles. The monoisotopic (exact) mass is 405 g/mol. The first kappa shape index (κ1) is 21.2. The van der Waals surface area contributed by atoms with Crippen molar-refractivity contribution >= 4 is 35.1 Å². The van der Waals surface area contributed by atoms with Gasteiger partial charge in [-0.2, -0.15) is 0 Å². The first-order valence-corrected chi connectivity index (χ1v) is 8.88. The molecule has 0 atom stereocenters. The number of nitrogens with zero attached hydrogens (tertiary/aromatic N) is 1. The average molecular weight is 406 g/mol. The standard InChI is InChI=1S/C19H20ClN3O5/c1-3-23(10-16(24)22-15-9-13(20)7-6-12(15)2)17(25)11-28-19(27)14-5-4-8-21-18(14)26/h4-9H,3,10-11H2,1-2H3,(H,21,26)(H,22,24). The fourth-order valence-electron chi connectivity index (χ4n) is 2.35. The molecule has 2 amide bonds. The lowest BCUT2D eigenvalue weighted by Gasteiger charge is -2.20. The molecule has 0 spiro atoms. The summed E-state index contributed by atoms with van der Waals surface area (Å²) in [6.45, 7) is 2.96. The fraction of sp³-hybridized carbons (Fsp3) is 0.263. The second kappa shape index (κ2) is 9.70. The van der Waals surface area contributed by atoms with E-state index in [1.165, 1.54) is 23.2 Å². The van der Waals surface area contributed by atoms with Crippen LogP contribution in [0.3, 0.4) is 0 Å². The zero-order valence-corrected chi connectivity index (χ0v) is 16.2. The molecule has 2 N–H and O–H groups in total. The Labute approximate surface area is 166 Å². The van der Waals surface area contributed by atoms with Gasteiger partial charge in [-0.05, 0) is 43.7 Å². The van der Waals surface area contributed by atoms with Gasteiger partial charge in [0.1, 0.15) is 5.56 Å². The lowest BCUT2D eigenvalue weighted by molar-refractivity contribution is -0.137. The number of aromatic amines is 1. The lowest BCUT2D eigenvalue weighted by atomic mass is 10.2. The number of rotatable bonds is 7. The predicted octanol–water partition coefficient (Wildman–Crippen LogP) is 1.98. The molecule has 0 aliphatic rings. The van der Waals surface area contributed by atoms with Crippen LogP contribution >= 0.6 is 11.6 Å². The van der Waals surface area contributed by atoms with Gasteiger partial charge >= 0.3 is 5.97 Å². The van der Waals surface area contributed by atoms with Crippen molar-refractivity contribution in [2.75, 3.05) is 25.0 Å². The molecule has 2 rings (SSSR count). The quantitative estimate of drug-likeness (QED) is 0.684. The molecule has 0 radical (unpaired) electrons. The third-order valence-electron chi connectivity index (χ3n) is 3.91. The maximum Gasteiger partial charge on any atom is 0.344 e. The summed E-state index contributed by atoms with van der Waals surface area (Å²) in [5.41, 5.74) is 0.570. The van der Waals surface area contributed by atoms with E-state index in [9.17, 15) is 19.2 Å². The van der Waals surface area contributed by atoms with E-state index in [0.29, 0.717) is 10.7 Å². The van der Waals surface area contributed by atoms with Gasteiger partial charge in [-0.15, -0.1) is 0 Å². The number of benzene rings is 1. The molecule has 9 heteroatoms. The summed E-state index contributed by atoms with van der Waals surface area (Å²) >= 11 is 5.93. The molecule has 0 aliphatic heterocycles. The van der Waals surface area contributed by atoms with Crippen LogP contribution in [0.4, 0.5) is 5.69 Å². The number of aryl methyl sites for hydroxylation is 1. The van der Waals surface area contributed by atoms with Crippen molar-refractivity contribution in [3.05, 3.63) is 63.0 Å². The Morgan fingerprint density at radius 3 is 2.68 bits per heavy atom. The normalized spacial score (nSPS) is 10.2.